The van der Waals surface area contributed by atoms with Crippen LogP contribution in [0.1, 0.15) is 53.9 Å². The maximum absolute atomic E-state index is 4.11. The Hall–Kier alpha value is -1.30. The first kappa shape index (κ1) is 17.7. The Bertz CT molecular complexity index is 386. The van der Waals surface area contributed by atoms with Gasteiger partial charge >= 0.3 is 0 Å². The molecular formula is C19H30. The molecule has 0 spiro atoms. The standard InChI is InChI=1S/C17H24.C2H6/c1-13(2)16(5)9-6-15(4)12-17-10-7-14(3)8-11-17;1-2/h6-7,9-10,13H,4-5,8,11-12H2,1-3H3;1-2H3/b9-6-;. The van der Waals surface area contributed by atoms with Gasteiger partial charge in [-0.05, 0) is 32.1 Å². The Morgan fingerprint density at radius 1 is 1.16 bits per heavy atom. The predicted octanol–water partition coefficient (Wildman–Crippen LogP) is 6.39. The highest BCUT2D eigenvalue weighted by Crippen LogP contribution is 2.23. The Morgan fingerprint density at radius 2 is 1.79 bits per heavy atom. The number of hydrogen-bond donors (Lipinski definition) is 0. The zero-order valence-corrected chi connectivity index (χ0v) is 13.4. The lowest BCUT2D eigenvalue weighted by atomic mass is 9.94. The van der Waals surface area contributed by atoms with Gasteiger partial charge in [-0.15, -0.1) is 0 Å². The van der Waals surface area contributed by atoms with Gasteiger partial charge in [0.25, 0.3) is 0 Å². The maximum Gasteiger partial charge on any atom is -0.00697 e. The van der Waals surface area contributed by atoms with Crippen molar-refractivity contribution in [3.05, 3.63) is 59.8 Å². The molecule has 0 unspecified atom stereocenters. The topological polar surface area (TPSA) is 0 Å². The summed E-state index contributed by atoms with van der Waals surface area (Å²) in [6, 6.07) is 0. The van der Waals surface area contributed by atoms with Gasteiger partial charge in [0.2, 0.25) is 0 Å². The fourth-order valence-electron chi connectivity index (χ4n) is 1.70. The third-order valence-corrected chi connectivity index (χ3v) is 3.17. The van der Waals surface area contributed by atoms with Gasteiger partial charge in [-0.25, -0.2) is 0 Å². The van der Waals surface area contributed by atoms with Crippen molar-refractivity contribution in [2.45, 2.75) is 53.9 Å². The van der Waals surface area contributed by atoms with Gasteiger partial charge < -0.3 is 0 Å². The van der Waals surface area contributed by atoms with E-state index in [-0.39, 0.29) is 0 Å². The summed E-state index contributed by atoms with van der Waals surface area (Å²) in [4.78, 5) is 0. The molecule has 0 saturated heterocycles. The van der Waals surface area contributed by atoms with Crippen molar-refractivity contribution in [2.24, 2.45) is 5.92 Å². The molecule has 0 atom stereocenters. The first-order valence-electron chi connectivity index (χ1n) is 7.39. The first-order chi connectivity index (χ1) is 8.99. The highest BCUT2D eigenvalue weighted by Gasteiger charge is 2.04. The fraction of sp³-hybridized carbons (Fsp3) is 0.474. The number of rotatable bonds is 5. The van der Waals surface area contributed by atoms with Crippen molar-refractivity contribution in [1.29, 1.82) is 0 Å². The average molecular weight is 258 g/mol. The summed E-state index contributed by atoms with van der Waals surface area (Å²) in [5, 5.41) is 0. The van der Waals surface area contributed by atoms with Crippen LogP contribution < -0.4 is 0 Å². The molecule has 0 aromatic heterocycles. The van der Waals surface area contributed by atoms with Crippen LogP contribution in [-0.4, -0.2) is 0 Å². The Morgan fingerprint density at radius 3 is 2.26 bits per heavy atom. The lowest BCUT2D eigenvalue weighted by Crippen LogP contribution is -1.93. The monoisotopic (exact) mass is 258 g/mol. The first-order valence-corrected chi connectivity index (χ1v) is 7.39. The second-order valence-electron chi connectivity index (χ2n) is 5.24. The average Bonchev–Trinajstić information content (AvgIpc) is 2.41. The Labute approximate surface area is 120 Å². The van der Waals surface area contributed by atoms with Gasteiger partial charge in [-0.3, -0.25) is 0 Å². The smallest absolute Gasteiger partial charge is 0.00697 e. The highest BCUT2D eigenvalue weighted by atomic mass is 14.1. The molecule has 0 aromatic rings. The van der Waals surface area contributed by atoms with Gasteiger partial charge in [0.05, 0.1) is 0 Å². The summed E-state index contributed by atoms with van der Waals surface area (Å²) in [5.41, 5.74) is 5.30. The molecule has 0 fully saturated rings. The lowest BCUT2D eigenvalue weighted by molar-refractivity contribution is 0.795. The summed E-state index contributed by atoms with van der Waals surface area (Å²) in [6.07, 6.45) is 12.0. The van der Waals surface area contributed by atoms with Gasteiger partial charge in [-0.1, -0.05) is 87.4 Å². The van der Waals surface area contributed by atoms with Gasteiger partial charge in [-0.2, -0.15) is 0 Å². The molecule has 0 bridgehead atoms. The van der Waals surface area contributed by atoms with E-state index < -0.39 is 0 Å². The van der Waals surface area contributed by atoms with E-state index in [0.29, 0.717) is 5.92 Å². The molecule has 19 heavy (non-hydrogen) atoms. The van der Waals surface area contributed by atoms with E-state index in [4.69, 9.17) is 0 Å². The Kier molecular flexibility index (Phi) is 8.95. The van der Waals surface area contributed by atoms with Crippen LogP contribution in [0, 0.1) is 5.92 Å². The van der Waals surface area contributed by atoms with Crippen LogP contribution >= 0.6 is 0 Å². The maximum atomic E-state index is 4.11. The molecule has 0 aromatic carbocycles. The van der Waals surface area contributed by atoms with Crippen molar-refractivity contribution in [2.75, 3.05) is 0 Å². The third kappa shape index (κ3) is 7.66. The van der Waals surface area contributed by atoms with Crippen molar-refractivity contribution < 1.29 is 0 Å². The van der Waals surface area contributed by atoms with Crippen LogP contribution in [0.4, 0.5) is 0 Å². The highest BCUT2D eigenvalue weighted by molar-refractivity contribution is 5.32. The fourth-order valence-corrected chi connectivity index (χ4v) is 1.70. The molecule has 1 rings (SSSR count). The summed E-state index contributed by atoms with van der Waals surface area (Å²) >= 11 is 0. The molecule has 0 aliphatic heterocycles. The van der Waals surface area contributed by atoms with Crippen LogP contribution in [0.5, 0.6) is 0 Å². The summed E-state index contributed by atoms with van der Waals surface area (Å²) in [7, 11) is 0. The third-order valence-electron chi connectivity index (χ3n) is 3.17. The minimum Gasteiger partial charge on any atom is -0.0956 e. The van der Waals surface area contributed by atoms with Crippen molar-refractivity contribution in [3.8, 4) is 0 Å². The molecule has 0 nitrogen and oxygen atoms in total. The molecule has 0 saturated carbocycles. The van der Waals surface area contributed by atoms with E-state index in [1.165, 1.54) is 35.1 Å². The van der Waals surface area contributed by atoms with E-state index in [0.717, 1.165) is 6.42 Å². The van der Waals surface area contributed by atoms with Crippen LogP contribution in [0.25, 0.3) is 0 Å². The lowest BCUT2D eigenvalue weighted by Gasteiger charge is -2.12. The van der Waals surface area contributed by atoms with E-state index in [9.17, 15) is 0 Å². The second-order valence-corrected chi connectivity index (χ2v) is 5.24. The molecule has 0 heteroatoms. The summed E-state index contributed by atoms with van der Waals surface area (Å²) < 4.78 is 0. The molecule has 1 aliphatic rings. The number of hydrogen-bond acceptors (Lipinski definition) is 0. The van der Waals surface area contributed by atoms with Gasteiger partial charge in [0, 0.05) is 0 Å². The van der Waals surface area contributed by atoms with Crippen LogP contribution in [0.15, 0.2) is 59.8 Å². The van der Waals surface area contributed by atoms with Crippen molar-refractivity contribution in [1.82, 2.24) is 0 Å². The van der Waals surface area contributed by atoms with Crippen LogP contribution in [0.3, 0.4) is 0 Å². The molecule has 0 heterocycles. The van der Waals surface area contributed by atoms with Gasteiger partial charge in [0.15, 0.2) is 0 Å². The van der Waals surface area contributed by atoms with E-state index in [2.05, 4.69) is 58.2 Å². The van der Waals surface area contributed by atoms with Crippen LogP contribution in [0.2, 0.25) is 0 Å². The summed E-state index contributed by atoms with van der Waals surface area (Å²) in [6.45, 7) is 18.6. The minimum atomic E-state index is 0.513. The normalized spacial score (nSPS) is 14.6. The largest absolute Gasteiger partial charge is 0.0956 e. The van der Waals surface area contributed by atoms with Gasteiger partial charge in [0.1, 0.15) is 0 Å². The molecule has 106 valence electrons. The number of allylic oxidation sites excluding steroid dienone is 8. The summed E-state index contributed by atoms with van der Waals surface area (Å²) in [5.74, 6) is 0.513. The van der Waals surface area contributed by atoms with Crippen LogP contribution in [-0.2, 0) is 0 Å². The molecule has 0 amide bonds. The zero-order valence-electron chi connectivity index (χ0n) is 13.4. The van der Waals surface area contributed by atoms with E-state index >= 15 is 0 Å². The quantitative estimate of drug-likeness (QED) is 0.501. The second kappa shape index (κ2) is 9.61. The SMILES string of the molecule is C=C(/C=C\C(=C)C(C)C)CC1=CC=C(C)CC1.CC. The zero-order chi connectivity index (χ0) is 14.8. The van der Waals surface area contributed by atoms with E-state index in [1.54, 1.807) is 0 Å². The molecule has 0 radical (unpaired) electrons. The minimum absolute atomic E-state index is 0.513. The molecular weight excluding hydrogens is 228 g/mol. The predicted molar refractivity (Wildman–Crippen MR) is 89.3 cm³/mol. The molecule has 0 N–H and O–H groups in total. The Balaban J connectivity index is 0.00000154. The van der Waals surface area contributed by atoms with Crippen molar-refractivity contribution >= 4 is 0 Å². The van der Waals surface area contributed by atoms with Crippen molar-refractivity contribution in [3.63, 3.8) is 0 Å². The van der Waals surface area contributed by atoms with E-state index in [1.807, 2.05) is 13.8 Å². The molecule has 1 aliphatic carbocycles.